The molecule has 1 unspecified atom stereocenters. The summed E-state index contributed by atoms with van der Waals surface area (Å²) in [6.45, 7) is 3.02. The zero-order valence-electron chi connectivity index (χ0n) is 10.6. The second-order valence-electron chi connectivity index (χ2n) is 4.95. The molecule has 1 aliphatic rings. The fourth-order valence-corrected chi connectivity index (χ4v) is 2.40. The van der Waals surface area contributed by atoms with Gasteiger partial charge in [-0.05, 0) is 18.4 Å². The Bertz CT molecular complexity index is 635. The SMILES string of the molecule is CC1CCn2nc(-c3ccccc3[N+](=O)[O-])nc2C1. The second kappa shape index (κ2) is 4.46. The number of para-hydroxylation sites is 1. The van der Waals surface area contributed by atoms with Crippen LogP contribution in [-0.4, -0.2) is 19.7 Å². The Kier molecular flexibility index (Phi) is 2.77. The molecule has 98 valence electrons. The van der Waals surface area contributed by atoms with Gasteiger partial charge in [0.15, 0.2) is 5.82 Å². The first-order valence-electron chi connectivity index (χ1n) is 6.32. The maximum absolute atomic E-state index is 11.0. The standard InChI is InChI=1S/C13H14N4O2/c1-9-6-7-16-12(8-9)14-13(15-16)10-4-2-3-5-11(10)17(18)19/h2-5,9H,6-8H2,1H3. The van der Waals surface area contributed by atoms with Gasteiger partial charge in [0, 0.05) is 19.0 Å². The predicted molar refractivity (Wildman–Crippen MR) is 69.6 cm³/mol. The van der Waals surface area contributed by atoms with Crippen LogP contribution in [-0.2, 0) is 13.0 Å². The third kappa shape index (κ3) is 2.09. The van der Waals surface area contributed by atoms with Gasteiger partial charge in [-0.25, -0.2) is 9.67 Å². The number of nitrogens with zero attached hydrogens (tertiary/aromatic N) is 4. The van der Waals surface area contributed by atoms with Crippen LogP contribution in [0.2, 0.25) is 0 Å². The minimum atomic E-state index is -0.391. The number of nitro benzene ring substituents is 1. The van der Waals surface area contributed by atoms with E-state index in [4.69, 9.17) is 0 Å². The van der Waals surface area contributed by atoms with Crippen molar-refractivity contribution in [1.29, 1.82) is 0 Å². The second-order valence-corrected chi connectivity index (χ2v) is 4.95. The summed E-state index contributed by atoms with van der Waals surface area (Å²) in [5, 5.41) is 15.4. The van der Waals surface area contributed by atoms with E-state index in [1.807, 2.05) is 4.68 Å². The Morgan fingerprint density at radius 1 is 1.42 bits per heavy atom. The fraction of sp³-hybridized carbons (Fsp3) is 0.385. The molecule has 19 heavy (non-hydrogen) atoms. The van der Waals surface area contributed by atoms with Crippen LogP contribution in [0.5, 0.6) is 0 Å². The number of rotatable bonds is 2. The minimum Gasteiger partial charge on any atom is -0.258 e. The van der Waals surface area contributed by atoms with Crippen molar-refractivity contribution in [3.8, 4) is 11.4 Å². The highest BCUT2D eigenvalue weighted by Crippen LogP contribution is 2.28. The van der Waals surface area contributed by atoms with Crippen molar-refractivity contribution in [2.45, 2.75) is 26.3 Å². The van der Waals surface area contributed by atoms with Crippen molar-refractivity contribution in [2.75, 3.05) is 0 Å². The van der Waals surface area contributed by atoms with Crippen molar-refractivity contribution in [3.63, 3.8) is 0 Å². The van der Waals surface area contributed by atoms with Crippen LogP contribution in [0.4, 0.5) is 5.69 Å². The molecule has 6 nitrogen and oxygen atoms in total. The molecule has 0 aliphatic carbocycles. The summed E-state index contributed by atoms with van der Waals surface area (Å²) >= 11 is 0. The van der Waals surface area contributed by atoms with E-state index in [0.717, 1.165) is 25.2 Å². The van der Waals surface area contributed by atoms with Crippen molar-refractivity contribution in [2.24, 2.45) is 5.92 Å². The first-order chi connectivity index (χ1) is 9.15. The largest absolute Gasteiger partial charge is 0.280 e. The average Bonchev–Trinajstić information content (AvgIpc) is 2.81. The average molecular weight is 258 g/mol. The Balaban J connectivity index is 2.06. The lowest BCUT2D eigenvalue weighted by Crippen LogP contribution is -2.18. The Hall–Kier alpha value is -2.24. The number of benzene rings is 1. The summed E-state index contributed by atoms with van der Waals surface area (Å²) < 4.78 is 1.87. The van der Waals surface area contributed by atoms with Gasteiger partial charge in [0.25, 0.3) is 5.69 Å². The van der Waals surface area contributed by atoms with E-state index < -0.39 is 4.92 Å². The lowest BCUT2D eigenvalue weighted by molar-refractivity contribution is -0.384. The Morgan fingerprint density at radius 2 is 2.21 bits per heavy atom. The van der Waals surface area contributed by atoms with E-state index in [1.165, 1.54) is 6.07 Å². The van der Waals surface area contributed by atoms with Crippen molar-refractivity contribution in [3.05, 3.63) is 40.2 Å². The summed E-state index contributed by atoms with van der Waals surface area (Å²) in [6.07, 6.45) is 1.96. The molecule has 3 rings (SSSR count). The van der Waals surface area contributed by atoms with Crippen molar-refractivity contribution < 1.29 is 4.92 Å². The number of aryl methyl sites for hydroxylation is 1. The maximum atomic E-state index is 11.0. The number of hydrogen-bond donors (Lipinski definition) is 0. The first kappa shape index (κ1) is 11.8. The number of hydrogen-bond acceptors (Lipinski definition) is 4. The third-order valence-electron chi connectivity index (χ3n) is 3.45. The number of aromatic nitrogens is 3. The molecule has 0 N–H and O–H groups in total. The topological polar surface area (TPSA) is 73.8 Å². The predicted octanol–water partition coefficient (Wildman–Crippen LogP) is 2.44. The number of fused-ring (bicyclic) bond motifs is 1. The quantitative estimate of drug-likeness (QED) is 0.612. The van der Waals surface area contributed by atoms with Crippen LogP contribution in [0.25, 0.3) is 11.4 Å². The third-order valence-corrected chi connectivity index (χ3v) is 3.45. The molecule has 2 aromatic rings. The summed E-state index contributed by atoms with van der Waals surface area (Å²) in [5.41, 5.74) is 0.542. The van der Waals surface area contributed by atoms with Gasteiger partial charge >= 0.3 is 0 Å². The summed E-state index contributed by atoms with van der Waals surface area (Å²) in [4.78, 5) is 15.1. The highest BCUT2D eigenvalue weighted by atomic mass is 16.6. The van der Waals surface area contributed by atoms with Gasteiger partial charge in [0.1, 0.15) is 5.82 Å². The van der Waals surface area contributed by atoms with Gasteiger partial charge in [0.05, 0.1) is 10.5 Å². The normalized spacial score (nSPS) is 18.1. The summed E-state index contributed by atoms with van der Waals surface area (Å²) in [6, 6.07) is 6.60. The van der Waals surface area contributed by atoms with Crippen LogP contribution in [0, 0.1) is 16.0 Å². The maximum Gasteiger partial charge on any atom is 0.280 e. The zero-order chi connectivity index (χ0) is 13.4. The van der Waals surface area contributed by atoms with Gasteiger partial charge in [-0.3, -0.25) is 10.1 Å². The van der Waals surface area contributed by atoms with E-state index in [0.29, 0.717) is 17.3 Å². The molecule has 0 spiro atoms. The van der Waals surface area contributed by atoms with E-state index in [-0.39, 0.29) is 5.69 Å². The van der Waals surface area contributed by atoms with E-state index in [1.54, 1.807) is 18.2 Å². The van der Waals surface area contributed by atoms with Gasteiger partial charge in [-0.15, -0.1) is 0 Å². The molecule has 0 fully saturated rings. The number of nitro groups is 1. The van der Waals surface area contributed by atoms with Crippen LogP contribution in [0.1, 0.15) is 19.2 Å². The summed E-state index contributed by atoms with van der Waals surface area (Å²) in [7, 11) is 0. The highest BCUT2D eigenvalue weighted by molar-refractivity contribution is 5.67. The zero-order valence-corrected chi connectivity index (χ0v) is 10.6. The molecule has 0 bridgehead atoms. The van der Waals surface area contributed by atoms with Crippen LogP contribution in [0.3, 0.4) is 0 Å². The lowest BCUT2D eigenvalue weighted by Gasteiger charge is -2.17. The molecule has 0 saturated carbocycles. The van der Waals surface area contributed by atoms with Gasteiger partial charge in [-0.1, -0.05) is 19.1 Å². The molecule has 1 aliphatic heterocycles. The molecule has 2 heterocycles. The Morgan fingerprint density at radius 3 is 3.00 bits per heavy atom. The van der Waals surface area contributed by atoms with Crippen LogP contribution < -0.4 is 0 Å². The lowest BCUT2D eigenvalue weighted by atomic mass is 10.0. The molecule has 1 aromatic heterocycles. The molecule has 6 heteroatoms. The molecule has 0 radical (unpaired) electrons. The fourth-order valence-electron chi connectivity index (χ4n) is 2.40. The van der Waals surface area contributed by atoms with Crippen molar-refractivity contribution in [1.82, 2.24) is 14.8 Å². The molecular weight excluding hydrogens is 244 g/mol. The molecule has 0 saturated heterocycles. The molecule has 1 atom stereocenters. The monoisotopic (exact) mass is 258 g/mol. The van der Waals surface area contributed by atoms with Crippen molar-refractivity contribution >= 4 is 5.69 Å². The van der Waals surface area contributed by atoms with Gasteiger partial charge < -0.3 is 0 Å². The highest BCUT2D eigenvalue weighted by Gasteiger charge is 2.23. The van der Waals surface area contributed by atoms with Crippen LogP contribution >= 0.6 is 0 Å². The first-order valence-corrected chi connectivity index (χ1v) is 6.32. The molecule has 0 amide bonds. The molecular formula is C13H14N4O2. The van der Waals surface area contributed by atoms with Crippen LogP contribution in [0.15, 0.2) is 24.3 Å². The molecule has 1 aromatic carbocycles. The van der Waals surface area contributed by atoms with Gasteiger partial charge in [-0.2, -0.15) is 5.10 Å². The van der Waals surface area contributed by atoms with E-state index in [9.17, 15) is 10.1 Å². The Labute approximate surface area is 110 Å². The smallest absolute Gasteiger partial charge is 0.258 e. The van der Waals surface area contributed by atoms with E-state index in [2.05, 4.69) is 17.0 Å². The summed E-state index contributed by atoms with van der Waals surface area (Å²) in [5.74, 6) is 1.97. The minimum absolute atomic E-state index is 0.0542. The van der Waals surface area contributed by atoms with Gasteiger partial charge in [0.2, 0.25) is 0 Å². The van der Waals surface area contributed by atoms with E-state index >= 15 is 0 Å².